The van der Waals surface area contributed by atoms with E-state index in [0.29, 0.717) is 5.95 Å². The van der Waals surface area contributed by atoms with Gasteiger partial charge in [-0.15, -0.1) is 0 Å². The molecule has 1 fully saturated rings. The van der Waals surface area contributed by atoms with E-state index in [0.717, 1.165) is 60.4 Å². The van der Waals surface area contributed by atoms with Crippen molar-refractivity contribution in [2.24, 2.45) is 0 Å². The molecule has 1 aromatic carbocycles. The van der Waals surface area contributed by atoms with Crippen LogP contribution in [-0.4, -0.2) is 57.4 Å². The monoisotopic (exact) mass is 408 g/mol. The van der Waals surface area contributed by atoms with Crippen molar-refractivity contribution >= 4 is 23.4 Å². The largest absolute Gasteiger partial charge is 0.368 e. The molecule has 0 unspecified atom stereocenters. The summed E-state index contributed by atoms with van der Waals surface area (Å²) in [6.45, 7) is 8.92. The number of aryl methyl sites for hydroxylation is 1. The van der Waals surface area contributed by atoms with Crippen LogP contribution in [0.5, 0.6) is 0 Å². The molecule has 1 aliphatic heterocycles. The molecule has 0 saturated carbocycles. The van der Waals surface area contributed by atoms with Gasteiger partial charge in [0.2, 0.25) is 0 Å². The zero-order valence-corrected chi connectivity index (χ0v) is 17.5. The first kappa shape index (κ1) is 19.6. The second-order valence-corrected chi connectivity index (χ2v) is 7.64. The van der Waals surface area contributed by atoms with Crippen LogP contribution in [0.1, 0.15) is 17.0 Å². The van der Waals surface area contributed by atoms with Gasteiger partial charge in [0.25, 0.3) is 5.95 Å². The Morgan fingerprint density at radius 1 is 1.07 bits per heavy atom. The molecule has 0 atom stereocenters. The van der Waals surface area contributed by atoms with Crippen LogP contribution in [0.2, 0.25) is 5.02 Å². The molecule has 2 aromatic heterocycles. The Morgan fingerprint density at radius 3 is 2.62 bits per heavy atom. The van der Waals surface area contributed by atoms with Crippen molar-refractivity contribution in [3.63, 3.8) is 0 Å². The average molecular weight is 409 g/mol. The lowest BCUT2D eigenvalue weighted by molar-refractivity contribution is 0.284. The average Bonchev–Trinajstić information content (AvgIpc) is 3.09. The highest BCUT2D eigenvalue weighted by atomic mass is 35.5. The first-order valence-corrected chi connectivity index (χ1v) is 10.2. The lowest BCUT2D eigenvalue weighted by atomic mass is 10.2. The van der Waals surface area contributed by atoms with Gasteiger partial charge in [0.15, 0.2) is 0 Å². The predicted molar refractivity (Wildman–Crippen MR) is 118 cm³/mol. The van der Waals surface area contributed by atoms with E-state index in [1.54, 1.807) is 10.9 Å². The summed E-state index contributed by atoms with van der Waals surface area (Å²) in [4.78, 5) is 13.6. The van der Waals surface area contributed by atoms with Crippen molar-refractivity contribution in [3.05, 3.63) is 70.8 Å². The van der Waals surface area contributed by atoms with Gasteiger partial charge in [-0.05, 0) is 32.0 Å². The maximum atomic E-state index is 6.33. The number of piperazine rings is 1. The van der Waals surface area contributed by atoms with Crippen molar-refractivity contribution in [2.75, 3.05) is 37.6 Å². The van der Waals surface area contributed by atoms with Crippen molar-refractivity contribution < 1.29 is 0 Å². The standard InChI is InChI=1S/C22H25ClN6/c1-17-9-10-24-22(26-17)29-18(2)19(16-25-29)6-5-11-27-12-14-28(15-13-27)21-8-4-3-7-20(21)23/h3-10,16H,11-15H2,1-2H3/b6-5+. The summed E-state index contributed by atoms with van der Waals surface area (Å²) in [7, 11) is 0. The number of rotatable bonds is 5. The van der Waals surface area contributed by atoms with Gasteiger partial charge in [-0.1, -0.05) is 35.9 Å². The third kappa shape index (κ3) is 4.49. The summed E-state index contributed by atoms with van der Waals surface area (Å²) in [5.41, 5.74) is 4.18. The topological polar surface area (TPSA) is 50.1 Å². The Kier molecular flexibility index (Phi) is 5.92. The first-order chi connectivity index (χ1) is 14.1. The fourth-order valence-corrected chi connectivity index (χ4v) is 3.79. The Labute approximate surface area is 176 Å². The molecule has 150 valence electrons. The molecule has 0 N–H and O–H groups in total. The van der Waals surface area contributed by atoms with Crippen molar-refractivity contribution in [3.8, 4) is 5.95 Å². The van der Waals surface area contributed by atoms with E-state index in [9.17, 15) is 0 Å². The van der Waals surface area contributed by atoms with Gasteiger partial charge in [0.05, 0.1) is 22.6 Å². The third-order valence-corrected chi connectivity index (χ3v) is 5.57. The van der Waals surface area contributed by atoms with Crippen molar-refractivity contribution in [1.29, 1.82) is 0 Å². The minimum Gasteiger partial charge on any atom is -0.368 e. The number of para-hydroxylation sites is 1. The number of benzene rings is 1. The molecule has 0 spiro atoms. The lowest BCUT2D eigenvalue weighted by Gasteiger charge is -2.36. The molecule has 4 rings (SSSR count). The highest BCUT2D eigenvalue weighted by Crippen LogP contribution is 2.26. The minimum absolute atomic E-state index is 0.609. The van der Waals surface area contributed by atoms with Gasteiger partial charge in [-0.25, -0.2) is 14.6 Å². The van der Waals surface area contributed by atoms with Crippen LogP contribution in [0.4, 0.5) is 5.69 Å². The summed E-state index contributed by atoms with van der Waals surface area (Å²) in [5.74, 6) is 0.609. The van der Waals surface area contributed by atoms with E-state index < -0.39 is 0 Å². The van der Waals surface area contributed by atoms with Crippen molar-refractivity contribution in [2.45, 2.75) is 13.8 Å². The van der Waals surface area contributed by atoms with Gasteiger partial charge in [-0.2, -0.15) is 5.10 Å². The van der Waals surface area contributed by atoms with Crippen LogP contribution < -0.4 is 4.90 Å². The maximum absolute atomic E-state index is 6.33. The molecule has 6 nitrogen and oxygen atoms in total. The predicted octanol–water partition coefficient (Wildman–Crippen LogP) is 3.77. The lowest BCUT2D eigenvalue weighted by Crippen LogP contribution is -2.46. The normalized spacial score (nSPS) is 15.3. The second-order valence-electron chi connectivity index (χ2n) is 7.24. The molecule has 3 aromatic rings. The second kappa shape index (κ2) is 8.76. The summed E-state index contributed by atoms with van der Waals surface area (Å²) in [5, 5.41) is 5.28. The van der Waals surface area contributed by atoms with Crippen LogP contribution in [0.15, 0.2) is 48.8 Å². The molecule has 0 radical (unpaired) electrons. The highest BCUT2D eigenvalue weighted by molar-refractivity contribution is 6.33. The van der Waals surface area contributed by atoms with Gasteiger partial charge in [0.1, 0.15) is 0 Å². The number of hydrogen-bond donors (Lipinski definition) is 0. The number of nitrogens with zero attached hydrogens (tertiary/aromatic N) is 6. The van der Waals surface area contributed by atoms with Crippen LogP contribution in [0, 0.1) is 13.8 Å². The minimum atomic E-state index is 0.609. The molecule has 7 heteroatoms. The fourth-order valence-electron chi connectivity index (χ4n) is 3.53. The summed E-state index contributed by atoms with van der Waals surface area (Å²) >= 11 is 6.33. The van der Waals surface area contributed by atoms with E-state index in [2.05, 4.69) is 43.1 Å². The van der Waals surface area contributed by atoms with Gasteiger partial charge in [0, 0.05) is 50.2 Å². The molecule has 29 heavy (non-hydrogen) atoms. The molecule has 0 aliphatic carbocycles. The van der Waals surface area contributed by atoms with Gasteiger partial charge < -0.3 is 4.90 Å². The van der Waals surface area contributed by atoms with E-state index in [1.807, 2.05) is 44.3 Å². The Hall–Kier alpha value is -2.70. The van der Waals surface area contributed by atoms with Gasteiger partial charge >= 0.3 is 0 Å². The maximum Gasteiger partial charge on any atom is 0.250 e. The SMILES string of the molecule is Cc1ccnc(-n2ncc(/C=C/CN3CCN(c4ccccc4Cl)CC3)c2C)n1. The van der Waals surface area contributed by atoms with E-state index >= 15 is 0 Å². The number of halogens is 1. The Morgan fingerprint density at radius 2 is 1.86 bits per heavy atom. The molecular formula is C22H25ClN6. The quantitative estimate of drug-likeness (QED) is 0.643. The van der Waals surface area contributed by atoms with Crippen LogP contribution in [-0.2, 0) is 0 Å². The number of aromatic nitrogens is 4. The smallest absolute Gasteiger partial charge is 0.250 e. The van der Waals surface area contributed by atoms with Crippen LogP contribution in [0.3, 0.4) is 0 Å². The summed E-state index contributed by atoms with van der Waals surface area (Å²) in [6.07, 6.45) is 7.97. The number of hydrogen-bond acceptors (Lipinski definition) is 5. The van der Waals surface area contributed by atoms with E-state index in [4.69, 9.17) is 11.6 Å². The first-order valence-electron chi connectivity index (χ1n) is 9.85. The fraction of sp³-hybridized carbons (Fsp3) is 0.318. The molecule has 3 heterocycles. The summed E-state index contributed by atoms with van der Waals surface area (Å²) in [6, 6.07) is 9.95. The zero-order valence-electron chi connectivity index (χ0n) is 16.8. The zero-order chi connectivity index (χ0) is 20.2. The van der Waals surface area contributed by atoms with Crippen LogP contribution >= 0.6 is 11.6 Å². The molecule has 1 saturated heterocycles. The molecule has 0 bridgehead atoms. The highest BCUT2D eigenvalue weighted by Gasteiger charge is 2.17. The molecular weight excluding hydrogens is 384 g/mol. The van der Waals surface area contributed by atoms with Gasteiger partial charge in [-0.3, -0.25) is 4.90 Å². The Bertz CT molecular complexity index is 1000. The number of anilines is 1. The molecule has 0 amide bonds. The van der Waals surface area contributed by atoms with Crippen molar-refractivity contribution in [1.82, 2.24) is 24.6 Å². The summed E-state index contributed by atoms with van der Waals surface area (Å²) < 4.78 is 1.79. The molecule has 1 aliphatic rings. The van der Waals surface area contributed by atoms with Crippen LogP contribution in [0.25, 0.3) is 12.0 Å². The Balaban J connectivity index is 1.34. The third-order valence-electron chi connectivity index (χ3n) is 5.25. The van der Waals surface area contributed by atoms with E-state index in [-0.39, 0.29) is 0 Å². The van der Waals surface area contributed by atoms with E-state index in [1.165, 1.54) is 0 Å².